The van der Waals surface area contributed by atoms with Gasteiger partial charge in [0, 0.05) is 5.69 Å². The molecule has 0 bridgehead atoms. The fraction of sp³-hybridized carbons (Fsp3) is 0.333. The summed E-state index contributed by atoms with van der Waals surface area (Å²) in [4.78, 5) is 24.3. The fourth-order valence-electron chi connectivity index (χ4n) is 3.42. The van der Waals surface area contributed by atoms with Crippen LogP contribution in [-0.4, -0.2) is 37.7 Å². The maximum atomic E-state index is 12.2. The Hall–Kier alpha value is -3.06. The lowest BCUT2D eigenvalue weighted by Gasteiger charge is -2.34. The summed E-state index contributed by atoms with van der Waals surface area (Å²) in [6.45, 7) is -0.0405. The zero-order valence-corrected chi connectivity index (χ0v) is 16.0. The molecule has 7 nitrogen and oxygen atoms in total. The topological polar surface area (TPSA) is 96.9 Å². The third-order valence-corrected chi connectivity index (χ3v) is 4.95. The Morgan fingerprint density at radius 1 is 1.04 bits per heavy atom. The van der Waals surface area contributed by atoms with Gasteiger partial charge in [-0.15, -0.1) is 0 Å². The number of benzene rings is 2. The van der Waals surface area contributed by atoms with Gasteiger partial charge < -0.3 is 25.2 Å². The van der Waals surface area contributed by atoms with Crippen LogP contribution in [0.3, 0.4) is 0 Å². The van der Waals surface area contributed by atoms with Gasteiger partial charge in [0.15, 0.2) is 0 Å². The number of carbonyl (C=O) groups excluding carboxylic acids is 2. The summed E-state index contributed by atoms with van der Waals surface area (Å²) in [6, 6.07) is 12.2. The summed E-state index contributed by atoms with van der Waals surface area (Å²) in [5.74, 6) is -0.215. The first-order chi connectivity index (χ1) is 13.4. The number of carbonyl (C=O) groups is 2. The van der Waals surface area contributed by atoms with Crippen LogP contribution < -0.4 is 20.1 Å². The maximum Gasteiger partial charge on any atom is 0.313 e. The van der Waals surface area contributed by atoms with E-state index in [2.05, 4.69) is 10.6 Å². The number of methoxy groups -OCH3 is 2. The Labute approximate surface area is 163 Å². The molecular formula is C21H24N2O5. The van der Waals surface area contributed by atoms with Gasteiger partial charge in [-0.1, -0.05) is 6.07 Å². The molecule has 2 aromatic carbocycles. The molecule has 0 heterocycles. The number of amides is 2. The van der Waals surface area contributed by atoms with E-state index in [9.17, 15) is 14.7 Å². The molecule has 7 heteroatoms. The molecule has 0 radical (unpaired) electrons. The highest BCUT2D eigenvalue weighted by molar-refractivity contribution is 6.39. The Morgan fingerprint density at radius 3 is 2.39 bits per heavy atom. The van der Waals surface area contributed by atoms with Gasteiger partial charge in [0.1, 0.15) is 17.1 Å². The molecule has 0 aliphatic heterocycles. The molecule has 3 rings (SSSR count). The van der Waals surface area contributed by atoms with Crippen molar-refractivity contribution in [1.29, 1.82) is 0 Å². The molecule has 0 saturated heterocycles. The monoisotopic (exact) mass is 384 g/mol. The Balaban J connectivity index is 1.63. The van der Waals surface area contributed by atoms with Gasteiger partial charge >= 0.3 is 11.8 Å². The Morgan fingerprint density at radius 2 is 1.71 bits per heavy atom. The van der Waals surface area contributed by atoms with Crippen LogP contribution in [0.4, 0.5) is 5.69 Å². The number of ether oxygens (including phenoxy) is 2. The number of hydrogen-bond acceptors (Lipinski definition) is 5. The molecule has 148 valence electrons. The molecule has 3 N–H and O–H groups in total. The van der Waals surface area contributed by atoms with Gasteiger partial charge in [-0.3, -0.25) is 9.59 Å². The molecule has 2 aromatic rings. The van der Waals surface area contributed by atoms with E-state index in [0.717, 1.165) is 29.7 Å². The third-order valence-electron chi connectivity index (χ3n) is 4.95. The van der Waals surface area contributed by atoms with Gasteiger partial charge in [-0.05, 0) is 66.8 Å². The molecule has 0 saturated carbocycles. The quantitative estimate of drug-likeness (QED) is 0.685. The van der Waals surface area contributed by atoms with Gasteiger partial charge in [0.05, 0.1) is 20.8 Å². The molecule has 1 aliphatic rings. The zero-order chi connectivity index (χ0) is 20.1. The van der Waals surface area contributed by atoms with E-state index in [1.165, 1.54) is 0 Å². The van der Waals surface area contributed by atoms with E-state index in [1.54, 1.807) is 44.6 Å². The average Bonchev–Trinajstić information content (AvgIpc) is 2.72. The van der Waals surface area contributed by atoms with E-state index in [-0.39, 0.29) is 6.54 Å². The molecule has 1 aliphatic carbocycles. The lowest BCUT2D eigenvalue weighted by atomic mass is 9.79. The Bertz CT molecular complexity index is 866. The van der Waals surface area contributed by atoms with Crippen LogP contribution in [0.25, 0.3) is 0 Å². The summed E-state index contributed by atoms with van der Waals surface area (Å²) in [5, 5.41) is 16.1. The second-order valence-corrected chi connectivity index (χ2v) is 6.77. The molecule has 1 unspecified atom stereocenters. The number of hydrogen-bond donors (Lipinski definition) is 3. The van der Waals surface area contributed by atoms with Crippen molar-refractivity contribution < 1.29 is 24.2 Å². The first-order valence-electron chi connectivity index (χ1n) is 9.08. The van der Waals surface area contributed by atoms with Crippen molar-refractivity contribution in [3.8, 4) is 11.5 Å². The van der Waals surface area contributed by atoms with E-state index in [4.69, 9.17) is 9.47 Å². The highest BCUT2D eigenvalue weighted by Crippen LogP contribution is 2.36. The number of aryl methyl sites for hydroxylation is 1. The number of aliphatic hydroxyl groups is 1. The van der Waals surface area contributed by atoms with E-state index in [0.29, 0.717) is 17.9 Å². The standard InChI is InChI=1S/C21H24N2O5/c1-27-16-7-5-15(6-8-16)23-20(25)19(24)22-13-21(26)11-3-4-14-12-17(28-2)9-10-18(14)21/h5-10,12,26H,3-4,11,13H2,1-2H3,(H,22,24)(H,23,25). The van der Waals surface area contributed by atoms with Gasteiger partial charge in [0.25, 0.3) is 0 Å². The minimum atomic E-state index is -1.21. The summed E-state index contributed by atoms with van der Waals surface area (Å²) in [6.07, 6.45) is 2.12. The normalized spacial score (nSPS) is 18.0. The third kappa shape index (κ3) is 4.26. The molecule has 0 aromatic heterocycles. The van der Waals surface area contributed by atoms with Crippen molar-refractivity contribution in [2.75, 3.05) is 26.1 Å². The first kappa shape index (κ1) is 19.7. The first-order valence-corrected chi connectivity index (χ1v) is 9.08. The summed E-state index contributed by atoms with van der Waals surface area (Å²) in [7, 11) is 3.14. The van der Waals surface area contributed by atoms with Crippen LogP contribution in [0.5, 0.6) is 11.5 Å². The van der Waals surface area contributed by atoms with Crippen LogP contribution >= 0.6 is 0 Å². The Kier molecular flexibility index (Phi) is 5.84. The van der Waals surface area contributed by atoms with Crippen LogP contribution in [0.1, 0.15) is 24.0 Å². The smallest absolute Gasteiger partial charge is 0.313 e. The minimum Gasteiger partial charge on any atom is -0.497 e. The van der Waals surface area contributed by atoms with Crippen molar-refractivity contribution in [3.05, 3.63) is 53.6 Å². The van der Waals surface area contributed by atoms with Crippen LogP contribution in [0, 0.1) is 0 Å². The van der Waals surface area contributed by atoms with E-state index in [1.807, 2.05) is 12.1 Å². The van der Waals surface area contributed by atoms with Crippen molar-refractivity contribution in [2.24, 2.45) is 0 Å². The number of rotatable bonds is 5. The summed E-state index contributed by atoms with van der Waals surface area (Å²) < 4.78 is 10.3. The molecule has 0 spiro atoms. The predicted molar refractivity (Wildman–Crippen MR) is 104 cm³/mol. The molecular weight excluding hydrogens is 360 g/mol. The fourth-order valence-corrected chi connectivity index (χ4v) is 3.42. The average molecular weight is 384 g/mol. The zero-order valence-electron chi connectivity index (χ0n) is 16.0. The van der Waals surface area contributed by atoms with Crippen molar-refractivity contribution in [1.82, 2.24) is 5.32 Å². The summed E-state index contributed by atoms with van der Waals surface area (Å²) in [5.41, 5.74) is 1.02. The number of fused-ring (bicyclic) bond motifs is 1. The largest absolute Gasteiger partial charge is 0.497 e. The van der Waals surface area contributed by atoms with Crippen molar-refractivity contribution in [3.63, 3.8) is 0 Å². The molecule has 1 atom stereocenters. The molecule has 0 fully saturated rings. The SMILES string of the molecule is COc1ccc(NC(=O)C(=O)NCC2(O)CCCc3cc(OC)ccc32)cc1. The van der Waals surface area contributed by atoms with Gasteiger partial charge in [0.2, 0.25) is 0 Å². The second-order valence-electron chi connectivity index (χ2n) is 6.77. The highest BCUT2D eigenvalue weighted by atomic mass is 16.5. The van der Waals surface area contributed by atoms with Crippen LogP contribution in [0.15, 0.2) is 42.5 Å². The summed E-state index contributed by atoms with van der Waals surface area (Å²) >= 11 is 0. The van der Waals surface area contributed by atoms with Gasteiger partial charge in [-0.25, -0.2) is 0 Å². The predicted octanol–water partition coefficient (Wildman–Crippen LogP) is 1.98. The highest BCUT2D eigenvalue weighted by Gasteiger charge is 2.35. The van der Waals surface area contributed by atoms with E-state index >= 15 is 0 Å². The second kappa shape index (κ2) is 8.31. The van der Waals surface area contributed by atoms with Crippen LogP contribution in [-0.2, 0) is 21.6 Å². The lowest BCUT2D eigenvalue weighted by molar-refractivity contribution is -0.137. The number of anilines is 1. The van der Waals surface area contributed by atoms with Crippen molar-refractivity contribution >= 4 is 17.5 Å². The minimum absolute atomic E-state index is 0.0405. The maximum absolute atomic E-state index is 12.2. The number of nitrogens with one attached hydrogen (secondary N) is 2. The molecule has 2 amide bonds. The van der Waals surface area contributed by atoms with Crippen molar-refractivity contribution in [2.45, 2.75) is 24.9 Å². The lowest BCUT2D eigenvalue weighted by Crippen LogP contribution is -2.46. The van der Waals surface area contributed by atoms with Crippen LogP contribution in [0.2, 0.25) is 0 Å². The van der Waals surface area contributed by atoms with Gasteiger partial charge in [-0.2, -0.15) is 0 Å². The van der Waals surface area contributed by atoms with E-state index < -0.39 is 17.4 Å². The molecule has 28 heavy (non-hydrogen) atoms.